The number of aromatic nitrogens is 2. The molecule has 272 valence electrons. The minimum Gasteiger partial charge on any atom is -0.440 e. The molecular weight excluding hydrogens is 688 g/mol. The van der Waals surface area contributed by atoms with Gasteiger partial charge in [0.2, 0.25) is 11.8 Å². The number of imide groups is 1. The summed E-state index contributed by atoms with van der Waals surface area (Å²) in [5.74, 6) is -2.44. The molecule has 5 heterocycles. The molecule has 2 saturated heterocycles. The van der Waals surface area contributed by atoms with Crippen LogP contribution in [0.15, 0.2) is 46.9 Å². The van der Waals surface area contributed by atoms with Crippen molar-refractivity contribution in [2.24, 2.45) is 0 Å². The predicted octanol–water partition coefficient (Wildman–Crippen LogP) is 5.00. The number of aliphatic hydroxyl groups is 1. The second-order valence-electron chi connectivity index (χ2n) is 13.9. The summed E-state index contributed by atoms with van der Waals surface area (Å²) in [6.07, 6.45) is -3.18. The third kappa shape index (κ3) is 6.75. The van der Waals surface area contributed by atoms with E-state index in [1.807, 2.05) is 0 Å². The quantitative estimate of drug-likeness (QED) is 0.176. The van der Waals surface area contributed by atoms with Gasteiger partial charge >= 0.3 is 6.18 Å². The normalized spacial score (nSPS) is 18.9. The van der Waals surface area contributed by atoms with Gasteiger partial charge in [0.15, 0.2) is 11.5 Å². The van der Waals surface area contributed by atoms with Gasteiger partial charge < -0.3 is 19.7 Å². The van der Waals surface area contributed by atoms with Crippen LogP contribution in [0, 0.1) is 5.82 Å². The van der Waals surface area contributed by atoms with E-state index in [1.165, 1.54) is 24.8 Å². The molecule has 4 amide bonds. The number of anilines is 1. The monoisotopic (exact) mass is 722 g/mol. The molecule has 52 heavy (non-hydrogen) atoms. The second-order valence-corrected chi connectivity index (χ2v) is 13.9. The van der Waals surface area contributed by atoms with E-state index in [9.17, 15) is 37.5 Å². The summed E-state index contributed by atoms with van der Waals surface area (Å²) in [4.78, 5) is 61.5. The van der Waals surface area contributed by atoms with Gasteiger partial charge in [0.25, 0.3) is 11.8 Å². The lowest BCUT2D eigenvalue weighted by molar-refractivity contribution is -0.141. The molecule has 4 aromatic rings. The first-order valence-electron chi connectivity index (χ1n) is 16.8. The van der Waals surface area contributed by atoms with Gasteiger partial charge in [0.05, 0.1) is 17.8 Å². The molecule has 1 atom stereocenters. The molecule has 1 unspecified atom stereocenters. The van der Waals surface area contributed by atoms with Crippen LogP contribution in [0.4, 0.5) is 23.2 Å². The summed E-state index contributed by atoms with van der Waals surface area (Å²) in [5, 5.41) is 15.7. The van der Waals surface area contributed by atoms with Crippen molar-refractivity contribution in [3.63, 3.8) is 0 Å². The van der Waals surface area contributed by atoms with Crippen LogP contribution in [0.2, 0.25) is 0 Å². The largest absolute Gasteiger partial charge is 0.440 e. The molecule has 12 nitrogen and oxygen atoms in total. The van der Waals surface area contributed by atoms with Crippen LogP contribution >= 0.6 is 0 Å². The van der Waals surface area contributed by atoms with Crippen LogP contribution in [0.1, 0.15) is 94.6 Å². The first-order chi connectivity index (χ1) is 24.6. The number of nitrogens with zero attached hydrogens (tertiary/aromatic N) is 4. The van der Waals surface area contributed by atoms with Crippen molar-refractivity contribution >= 4 is 40.4 Å². The number of piperidine rings is 2. The molecule has 3 aliphatic rings. The van der Waals surface area contributed by atoms with E-state index >= 15 is 4.39 Å². The average Bonchev–Trinajstić information content (AvgIpc) is 3.66. The number of carbonyl (C=O) groups is 4. The fourth-order valence-corrected chi connectivity index (χ4v) is 7.04. The summed E-state index contributed by atoms with van der Waals surface area (Å²) < 4.78 is 61.4. The van der Waals surface area contributed by atoms with Crippen LogP contribution in [0.5, 0.6) is 0 Å². The van der Waals surface area contributed by atoms with Gasteiger partial charge in [0, 0.05) is 47.2 Å². The lowest BCUT2D eigenvalue weighted by Crippen LogP contribution is -2.52. The Balaban J connectivity index is 1.03. The highest BCUT2D eigenvalue weighted by molar-refractivity contribution is 6.06. The Bertz CT molecular complexity index is 2120. The van der Waals surface area contributed by atoms with Crippen molar-refractivity contribution in [1.82, 2.24) is 25.1 Å². The number of rotatable bonds is 7. The Kier molecular flexibility index (Phi) is 8.85. The van der Waals surface area contributed by atoms with Crippen molar-refractivity contribution in [3.05, 3.63) is 87.8 Å². The van der Waals surface area contributed by atoms with Crippen molar-refractivity contribution in [2.75, 3.05) is 18.4 Å². The number of carbonyl (C=O) groups excluding carboxylic acids is 4. The van der Waals surface area contributed by atoms with Crippen molar-refractivity contribution in [3.8, 4) is 0 Å². The first-order valence-corrected chi connectivity index (χ1v) is 16.8. The number of halogens is 4. The maximum atomic E-state index is 15.8. The summed E-state index contributed by atoms with van der Waals surface area (Å²) in [7, 11) is 0. The molecule has 2 fully saturated rings. The number of hydrogen-bond acceptors (Lipinski definition) is 9. The summed E-state index contributed by atoms with van der Waals surface area (Å²) in [5.41, 5.74) is -1.14. The van der Waals surface area contributed by atoms with Gasteiger partial charge in [0.1, 0.15) is 28.8 Å². The van der Waals surface area contributed by atoms with E-state index in [2.05, 4.69) is 25.5 Å². The number of pyridine rings is 1. The van der Waals surface area contributed by atoms with Crippen LogP contribution in [-0.4, -0.2) is 67.6 Å². The highest BCUT2D eigenvalue weighted by Crippen LogP contribution is 2.37. The lowest BCUT2D eigenvalue weighted by Gasteiger charge is -2.30. The minimum absolute atomic E-state index is 0.0530. The fraction of sp³-hybridized carbons (Fsp3) is 0.389. The first kappa shape index (κ1) is 35.2. The Morgan fingerprint density at radius 1 is 1.06 bits per heavy atom. The standard InChI is InChI=1S/C36H34F4N6O6/c1-35(2,51)22-14-25-27(15-24(22)42-31(48)23-4-3-5-28(41-23)36(38,39)40)52-33(43-25)18-10-12-45(13-11-18)16-19-6-7-20-21(30(19)37)17-46(34(20)50)26-8-9-29(47)44-32(26)49/h3-7,14-15,18,26,51H,8-13,16-17H2,1-2H3,(H,42,48)(H,44,47,49). The third-order valence-electron chi connectivity index (χ3n) is 9.78. The van der Waals surface area contributed by atoms with E-state index in [4.69, 9.17) is 4.42 Å². The predicted molar refractivity (Wildman–Crippen MR) is 176 cm³/mol. The molecule has 0 radical (unpaired) electrons. The number of benzene rings is 2. The van der Waals surface area contributed by atoms with Gasteiger partial charge in [-0.3, -0.25) is 29.4 Å². The number of nitrogens with one attached hydrogen (secondary N) is 2. The molecule has 0 bridgehead atoms. The molecule has 0 spiro atoms. The summed E-state index contributed by atoms with van der Waals surface area (Å²) >= 11 is 0. The smallest absolute Gasteiger partial charge is 0.433 e. The zero-order valence-corrected chi connectivity index (χ0v) is 28.1. The topological polar surface area (TPSA) is 158 Å². The van der Waals surface area contributed by atoms with Crippen LogP contribution in [-0.2, 0) is 34.5 Å². The van der Waals surface area contributed by atoms with Gasteiger partial charge in [-0.2, -0.15) is 13.2 Å². The highest BCUT2D eigenvalue weighted by atomic mass is 19.4. The van der Waals surface area contributed by atoms with E-state index < -0.39 is 58.7 Å². The number of oxazole rings is 1. The molecule has 2 aromatic carbocycles. The number of alkyl halides is 3. The van der Waals surface area contributed by atoms with Crippen LogP contribution in [0.3, 0.4) is 0 Å². The number of likely N-dealkylation sites (tertiary alicyclic amines) is 1. The minimum atomic E-state index is -4.73. The van der Waals surface area contributed by atoms with E-state index in [1.54, 1.807) is 18.2 Å². The van der Waals surface area contributed by atoms with Crippen LogP contribution in [0.25, 0.3) is 11.1 Å². The molecule has 0 saturated carbocycles. The molecule has 16 heteroatoms. The molecule has 3 N–H and O–H groups in total. The lowest BCUT2D eigenvalue weighted by atomic mass is 9.95. The van der Waals surface area contributed by atoms with Gasteiger partial charge in [-0.25, -0.2) is 14.4 Å². The number of amides is 4. The second kappa shape index (κ2) is 13.1. The Morgan fingerprint density at radius 3 is 2.50 bits per heavy atom. The highest BCUT2D eigenvalue weighted by Gasteiger charge is 2.41. The number of fused-ring (bicyclic) bond motifs is 2. The van der Waals surface area contributed by atoms with E-state index in [-0.39, 0.29) is 47.7 Å². The molecule has 2 aromatic heterocycles. The Hall–Kier alpha value is -5.22. The number of hydrogen-bond donors (Lipinski definition) is 3. The Labute approximate surface area is 294 Å². The zero-order valence-electron chi connectivity index (χ0n) is 28.1. The molecule has 3 aliphatic heterocycles. The SMILES string of the molecule is CC(C)(O)c1cc2nc(C3CCN(Cc4ccc5c(c4F)CN(C4CCC(=O)NC4=O)C5=O)CC3)oc2cc1NC(=O)c1cccc(C(F)(F)F)n1. The Morgan fingerprint density at radius 2 is 1.81 bits per heavy atom. The van der Waals surface area contributed by atoms with Crippen LogP contribution < -0.4 is 10.6 Å². The summed E-state index contributed by atoms with van der Waals surface area (Å²) in [6, 6.07) is 8.39. The maximum absolute atomic E-state index is 15.8. The van der Waals surface area contributed by atoms with Gasteiger partial charge in [-0.15, -0.1) is 0 Å². The third-order valence-corrected chi connectivity index (χ3v) is 9.78. The van der Waals surface area contributed by atoms with Crippen molar-refractivity contribution in [2.45, 2.75) is 76.4 Å². The van der Waals surface area contributed by atoms with Gasteiger partial charge in [-0.1, -0.05) is 12.1 Å². The fourth-order valence-electron chi connectivity index (χ4n) is 7.04. The van der Waals surface area contributed by atoms with Gasteiger partial charge in [-0.05, 0) is 70.5 Å². The summed E-state index contributed by atoms with van der Waals surface area (Å²) in [6.45, 7) is 4.41. The molecule has 7 rings (SSSR count). The van der Waals surface area contributed by atoms with E-state index in [0.717, 1.165) is 18.2 Å². The van der Waals surface area contributed by atoms with Crippen molar-refractivity contribution < 1.29 is 46.3 Å². The van der Waals surface area contributed by atoms with E-state index in [0.29, 0.717) is 55.0 Å². The molecule has 0 aliphatic carbocycles. The average molecular weight is 723 g/mol. The van der Waals surface area contributed by atoms with Crippen molar-refractivity contribution in [1.29, 1.82) is 0 Å². The zero-order chi connectivity index (χ0) is 37.1. The maximum Gasteiger partial charge on any atom is 0.433 e. The molecular formula is C36H34F4N6O6.